The third-order valence-electron chi connectivity index (χ3n) is 5.63. The largest absolute Gasteiger partial charge is 0.488 e. The highest BCUT2D eigenvalue weighted by Crippen LogP contribution is 2.62. The second kappa shape index (κ2) is 5.79. The maximum atomic E-state index is 15.1. The normalized spacial score (nSPS) is 25.5. The molecule has 2 fully saturated rings. The summed E-state index contributed by atoms with van der Waals surface area (Å²) in [6.07, 6.45) is 1.70. The fourth-order valence-electron chi connectivity index (χ4n) is 4.57. The van der Waals surface area contributed by atoms with E-state index in [0.717, 1.165) is 29.5 Å². The number of benzene rings is 2. The third kappa shape index (κ3) is 2.36. The molecule has 1 heterocycles. The van der Waals surface area contributed by atoms with Crippen molar-refractivity contribution in [2.24, 2.45) is 0 Å². The van der Waals surface area contributed by atoms with Crippen molar-refractivity contribution in [2.75, 3.05) is 13.2 Å². The first-order valence-electron chi connectivity index (χ1n) is 8.64. The second-order valence-electron chi connectivity index (χ2n) is 6.98. The van der Waals surface area contributed by atoms with Crippen LogP contribution in [0.5, 0.6) is 5.75 Å². The van der Waals surface area contributed by atoms with Crippen LogP contribution in [0.4, 0.5) is 4.39 Å². The smallest absolute Gasteiger partial charge is 0.175 e. The maximum Gasteiger partial charge on any atom is 0.175 e. The summed E-state index contributed by atoms with van der Waals surface area (Å²) in [5.74, 6) is -0.0138. The fraction of sp³-hybridized carbons (Fsp3) is 0.400. The molecule has 2 bridgehead atoms. The molecule has 2 atom stereocenters. The highest BCUT2D eigenvalue weighted by Gasteiger charge is 2.59. The molecule has 0 amide bonds. The van der Waals surface area contributed by atoms with Gasteiger partial charge < -0.3 is 14.2 Å². The Labute approximate surface area is 154 Å². The molecule has 3 nitrogen and oxygen atoms in total. The Morgan fingerprint density at radius 3 is 2.72 bits per heavy atom. The molecule has 5 rings (SSSR count). The van der Waals surface area contributed by atoms with Gasteiger partial charge in [-0.05, 0) is 45.5 Å². The number of rotatable bonds is 3. The molecule has 2 aromatic carbocycles. The van der Waals surface area contributed by atoms with E-state index < -0.39 is 5.79 Å². The van der Waals surface area contributed by atoms with Gasteiger partial charge in [0.2, 0.25) is 0 Å². The number of hydrogen-bond acceptors (Lipinski definition) is 3. The lowest BCUT2D eigenvalue weighted by Gasteiger charge is -2.33. The van der Waals surface area contributed by atoms with Crippen molar-refractivity contribution >= 4 is 15.9 Å². The van der Waals surface area contributed by atoms with Crippen LogP contribution >= 0.6 is 15.9 Å². The molecule has 1 spiro atoms. The summed E-state index contributed by atoms with van der Waals surface area (Å²) in [5.41, 5.74) is 2.86. The van der Waals surface area contributed by atoms with Crippen LogP contribution in [0, 0.1) is 5.82 Å². The zero-order valence-corrected chi connectivity index (χ0v) is 15.2. The Bertz CT molecular complexity index is 817. The van der Waals surface area contributed by atoms with Crippen LogP contribution < -0.4 is 4.74 Å². The molecular formula is C20H18BrFO3. The van der Waals surface area contributed by atoms with Gasteiger partial charge in [0.1, 0.15) is 18.2 Å². The third-order valence-corrected chi connectivity index (χ3v) is 6.37. The molecule has 25 heavy (non-hydrogen) atoms. The highest BCUT2D eigenvalue weighted by atomic mass is 79.9. The van der Waals surface area contributed by atoms with Crippen LogP contribution in [0.3, 0.4) is 0 Å². The Morgan fingerprint density at radius 1 is 1.20 bits per heavy atom. The summed E-state index contributed by atoms with van der Waals surface area (Å²) >= 11 is 3.39. The average Bonchev–Trinajstić information content (AvgIpc) is 3.33. The minimum atomic E-state index is -0.607. The predicted octanol–water partition coefficient (Wildman–Crippen LogP) is 4.88. The van der Waals surface area contributed by atoms with E-state index in [-0.39, 0.29) is 17.7 Å². The van der Waals surface area contributed by atoms with E-state index in [1.807, 2.05) is 36.4 Å². The number of ether oxygens (including phenoxy) is 3. The van der Waals surface area contributed by atoms with E-state index in [1.54, 1.807) is 0 Å². The Morgan fingerprint density at radius 2 is 1.96 bits per heavy atom. The van der Waals surface area contributed by atoms with Gasteiger partial charge in [-0.3, -0.25) is 0 Å². The summed E-state index contributed by atoms with van der Waals surface area (Å²) < 4.78 is 33.2. The molecule has 2 aliphatic carbocycles. The van der Waals surface area contributed by atoms with Crippen LogP contribution in [0.2, 0.25) is 0 Å². The number of hydrogen-bond donors (Lipinski definition) is 0. The van der Waals surface area contributed by atoms with Gasteiger partial charge in [-0.2, -0.15) is 0 Å². The van der Waals surface area contributed by atoms with E-state index in [0.29, 0.717) is 30.0 Å². The summed E-state index contributed by atoms with van der Waals surface area (Å²) in [6, 6.07) is 11.9. The van der Waals surface area contributed by atoms with Gasteiger partial charge in [0.25, 0.3) is 0 Å². The SMILES string of the molecule is Fc1c(Br)c(OCc2ccccc2)cc2c1C1CC2CC12OCCO2. The van der Waals surface area contributed by atoms with Crippen molar-refractivity contribution in [1.29, 1.82) is 0 Å². The molecule has 1 aliphatic heterocycles. The van der Waals surface area contributed by atoms with E-state index in [4.69, 9.17) is 14.2 Å². The Balaban J connectivity index is 1.47. The number of fused-ring (bicyclic) bond motifs is 6. The first-order chi connectivity index (χ1) is 12.2. The molecule has 0 aromatic heterocycles. The molecule has 2 unspecified atom stereocenters. The number of halogens is 2. The minimum Gasteiger partial charge on any atom is -0.488 e. The highest BCUT2D eigenvalue weighted by molar-refractivity contribution is 9.10. The molecule has 2 aromatic rings. The summed E-state index contributed by atoms with van der Waals surface area (Å²) in [7, 11) is 0. The van der Waals surface area contributed by atoms with Gasteiger partial charge in [0.15, 0.2) is 5.79 Å². The van der Waals surface area contributed by atoms with Gasteiger partial charge in [-0.25, -0.2) is 4.39 Å². The van der Waals surface area contributed by atoms with E-state index in [2.05, 4.69) is 15.9 Å². The lowest BCUT2D eigenvalue weighted by atomic mass is 9.86. The first kappa shape index (κ1) is 15.8. The quantitative estimate of drug-likeness (QED) is 0.728. The zero-order chi connectivity index (χ0) is 17.0. The molecule has 130 valence electrons. The molecule has 1 saturated heterocycles. The minimum absolute atomic E-state index is 0.0190. The van der Waals surface area contributed by atoms with Crippen LogP contribution in [0.1, 0.15) is 41.4 Å². The molecule has 5 heteroatoms. The van der Waals surface area contributed by atoms with Crippen molar-refractivity contribution < 1.29 is 18.6 Å². The van der Waals surface area contributed by atoms with Crippen molar-refractivity contribution in [3.05, 3.63) is 63.4 Å². The van der Waals surface area contributed by atoms with Gasteiger partial charge >= 0.3 is 0 Å². The van der Waals surface area contributed by atoms with Crippen LogP contribution in [0.25, 0.3) is 0 Å². The Hall–Kier alpha value is -1.43. The molecule has 0 N–H and O–H groups in total. The van der Waals surface area contributed by atoms with Crippen molar-refractivity contribution in [3.63, 3.8) is 0 Å². The fourth-order valence-corrected chi connectivity index (χ4v) is 5.01. The lowest BCUT2D eigenvalue weighted by Crippen LogP contribution is -2.35. The van der Waals surface area contributed by atoms with Crippen LogP contribution in [-0.4, -0.2) is 19.0 Å². The summed E-state index contributed by atoms with van der Waals surface area (Å²) in [6.45, 7) is 1.61. The summed E-state index contributed by atoms with van der Waals surface area (Å²) in [5, 5.41) is 0. The Kier molecular flexibility index (Phi) is 3.66. The maximum absolute atomic E-state index is 15.1. The molecule has 3 aliphatic rings. The van der Waals surface area contributed by atoms with Crippen LogP contribution in [0.15, 0.2) is 40.9 Å². The van der Waals surface area contributed by atoms with E-state index >= 15 is 4.39 Å². The van der Waals surface area contributed by atoms with Crippen molar-refractivity contribution in [1.82, 2.24) is 0 Å². The zero-order valence-electron chi connectivity index (χ0n) is 13.6. The second-order valence-corrected chi connectivity index (χ2v) is 7.77. The monoisotopic (exact) mass is 404 g/mol. The average molecular weight is 405 g/mol. The van der Waals surface area contributed by atoms with Gasteiger partial charge in [-0.1, -0.05) is 30.3 Å². The van der Waals surface area contributed by atoms with Crippen LogP contribution in [-0.2, 0) is 16.1 Å². The van der Waals surface area contributed by atoms with E-state index in [1.165, 1.54) is 0 Å². The van der Waals surface area contributed by atoms with Gasteiger partial charge in [-0.15, -0.1) is 0 Å². The van der Waals surface area contributed by atoms with Crippen molar-refractivity contribution in [3.8, 4) is 5.75 Å². The van der Waals surface area contributed by atoms with E-state index in [9.17, 15) is 0 Å². The lowest BCUT2D eigenvalue weighted by molar-refractivity contribution is -0.166. The van der Waals surface area contributed by atoms with Gasteiger partial charge in [0, 0.05) is 17.9 Å². The first-order valence-corrected chi connectivity index (χ1v) is 9.44. The van der Waals surface area contributed by atoms with Gasteiger partial charge in [0.05, 0.1) is 17.7 Å². The van der Waals surface area contributed by atoms with Crippen molar-refractivity contribution in [2.45, 2.75) is 37.1 Å². The molecule has 0 radical (unpaired) electrons. The molecular weight excluding hydrogens is 387 g/mol. The standard InChI is InChI=1S/C20H18BrFO3/c21-18-16(23-11-12-4-2-1-3-5-12)9-14-13-8-15(17(14)19(18)22)20(10-13)24-6-7-25-20/h1-5,9,13,15H,6-8,10-11H2. The predicted molar refractivity (Wildman–Crippen MR) is 94.2 cm³/mol. The molecule has 1 saturated carbocycles. The topological polar surface area (TPSA) is 27.7 Å². The summed E-state index contributed by atoms with van der Waals surface area (Å²) in [4.78, 5) is 0.